The smallest absolute Gasteiger partial charge is 0.309 e. The number of benzene rings is 1. The molecule has 0 spiro atoms. The summed E-state index contributed by atoms with van der Waals surface area (Å²) >= 11 is 0. The van der Waals surface area contributed by atoms with E-state index < -0.39 is 11.4 Å². The number of hydrogen-bond acceptors (Lipinski definition) is 6. The number of carbonyl (C=O) groups is 1. The van der Waals surface area contributed by atoms with E-state index in [9.17, 15) is 14.1 Å². The number of carbonyl (C=O) groups excluding carboxylic acids is 1. The molecule has 0 amide bonds. The molecule has 7 heteroatoms. The van der Waals surface area contributed by atoms with Gasteiger partial charge in [0, 0.05) is 38.3 Å². The number of esters is 1. The Balaban J connectivity index is 1.48. The zero-order chi connectivity index (χ0) is 20.3. The first-order chi connectivity index (χ1) is 13.3. The fourth-order valence-electron chi connectivity index (χ4n) is 4.20. The summed E-state index contributed by atoms with van der Waals surface area (Å²) in [6, 6.07) is 4.85. The first kappa shape index (κ1) is 20.7. The van der Waals surface area contributed by atoms with Crippen molar-refractivity contribution in [1.29, 1.82) is 0 Å². The van der Waals surface area contributed by atoms with Gasteiger partial charge < -0.3 is 9.64 Å². The van der Waals surface area contributed by atoms with E-state index >= 15 is 0 Å². The molecule has 6 nitrogen and oxygen atoms in total. The van der Waals surface area contributed by atoms with Gasteiger partial charge in [0.25, 0.3) is 0 Å². The van der Waals surface area contributed by atoms with Crippen LogP contribution in [0.3, 0.4) is 0 Å². The van der Waals surface area contributed by atoms with E-state index in [1.54, 1.807) is 12.1 Å². The van der Waals surface area contributed by atoms with Crippen LogP contribution in [0.2, 0.25) is 0 Å². The van der Waals surface area contributed by atoms with Crippen molar-refractivity contribution in [3.63, 3.8) is 0 Å². The monoisotopic (exact) mass is 391 g/mol. The molecule has 1 aliphatic carbocycles. The summed E-state index contributed by atoms with van der Waals surface area (Å²) < 4.78 is 19.7. The number of ether oxygens (including phenoxy) is 1. The van der Waals surface area contributed by atoms with Gasteiger partial charge in [-0.1, -0.05) is 0 Å². The summed E-state index contributed by atoms with van der Waals surface area (Å²) in [4.78, 5) is 27.3. The van der Waals surface area contributed by atoms with E-state index in [0.717, 1.165) is 51.9 Å². The van der Waals surface area contributed by atoms with E-state index in [0.29, 0.717) is 11.7 Å². The minimum Gasteiger partial charge on any atom is -0.460 e. The summed E-state index contributed by atoms with van der Waals surface area (Å²) in [6.45, 7) is 8.95. The molecule has 0 N–H and O–H groups in total. The number of anilines is 1. The normalized spacial score (nSPS) is 24.1. The Morgan fingerprint density at radius 3 is 2.29 bits per heavy atom. The molecule has 2 fully saturated rings. The number of nitrogens with zero attached hydrogens (tertiary/aromatic N) is 3. The molecule has 2 aliphatic rings. The minimum absolute atomic E-state index is 0.0100. The van der Waals surface area contributed by atoms with Crippen LogP contribution in [0, 0.1) is 16.6 Å². The highest BCUT2D eigenvalue weighted by atomic mass is 19.1. The van der Waals surface area contributed by atoms with Crippen LogP contribution >= 0.6 is 0 Å². The third kappa shape index (κ3) is 5.07. The first-order valence-corrected chi connectivity index (χ1v) is 10.1. The van der Waals surface area contributed by atoms with Crippen molar-refractivity contribution in [2.75, 3.05) is 31.1 Å². The van der Waals surface area contributed by atoms with Crippen molar-refractivity contribution in [3.8, 4) is 0 Å². The van der Waals surface area contributed by atoms with E-state index in [1.807, 2.05) is 25.7 Å². The molecule has 1 aromatic rings. The second kappa shape index (κ2) is 8.55. The Morgan fingerprint density at radius 1 is 1.11 bits per heavy atom. The molecule has 1 saturated heterocycles. The third-order valence-corrected chi connectivity index (χ3v) is 5.64. The first-order valence-electron chi connectivity index (χ1n) is 10.1. The Labute approximate surface area is 166 Å². The molecule has 0 bridgehead atoms. The summed E-state index contributed by atoms with van der Waals surface area (Å²) in [5.41, 5.74) is 0.210. The van der Waals surface area contributed by atoms with Crippen LogP contribution in [0.15, 0.2) is 23.4 Å². The van der Waals surface area contributed by atoms with Crippen molar-refractivity contribution in [1.82, 2.24) is 4.90 Å². The average Bonchev–Trinajstić information content (AvgIpc) is 2.67. The van der Waals surface area contributed by atoms with Gasteiger partial charge in [-0.2, -0.15) is 0 Å². The molecule has 28 heavy (non-hydrogen) atoms. The molecule has 0 atom stereocenters. The standard InChI is InChI=1S/C21H30FN3O3/c1-21(2,3)28-20(26)15-4-7-17(8-5-15)24-10-12-25(13-11-24)19-9-6-16(23-27)14-18(19)22/h6,9,14-15,17H,4-5,7-8,10-13H2,1-3H3. The van der Waals surface area contributed by atoms with Gasteiger partial charge in [-0.15, -0.1) is 4.91 Å². The molecule has 1 aromatic carbocycles. The molecule has 0 aromatic heterocycles. The fourth-order valence-corrected chi connectivity index (χ4v) is 4.20. The lowest BCUT2D eigenvalue weighted by Gasteiger charge is -2.42. The highest BCUT2D eigenvalue weighted by molar-refractivity contribution is 5.73. The summed E-state index contributed by atoms with van der Waals surface area (Å²) in [6.07, 6.45) is 3.74. The largest absolute Gasteiger partial charge is 0.460 e. The number of hydrogen-bond donors (Lipinski definition) is 0. The minimum atomic E-state index is -0.431. The van der Waals surface area contributed by atoms with Crippen molar-refractivity contribution in [3.05, 3.63) is 28.9 Å². The van der Waals surface area contributed by atoms with Crippen molar-refractivity contribution in [2.24, 2.45) is 11.1 Å². The summed E-state index contributed by atoms with van der Waals surface area (Å²) in [7, 11) is 0. The van der Waals surface area contributed by atoms with Gasteiger partial charge >= 0.3 is 5.97 Å². The highest BCUT2D eigenvalue weighted by Gasteiger charge is 2.33. The Morgan fingerprint density at radius 2 is 1.75 bits per heavy atom. The SMILES string of the molecule is CC(C)(C)OC(=O)C1CCC(N2CCN(c3ccc(N=O)cc3F)CC2)CC1. The fraction of sp³-hybridized carbons (Fsp3) is 0.667. The van der Waals surface area contributed by atoms with Crippen molar-refractivity contribution < 1.29 is 13.9 Å². The maximum Gasteiger partial charge on any atom is 0.309 e. The summed E-state index contributed by atoms with van der Waals surface area (Å²) in [5, 5.41) is 2.78. The maximum atomic E-state index is 14.2. The van der Waals surface area contributed by atoms with Gasteiger partial charge in [0.1, 0.15) is 17.1 Å². The number of piperazine rings is 1. The Hall–Kier alpha value is -2.02. The molecule has 3 rings (SSSR count). The molecule has 0 radical (unpaired) electrons. The van der Waals surface area contributed by atoms with Crippen LogP contribution in [0.4, 0.5) is 15.8 Å². The second-order valence-electron chi connectivity index (χ2n) is 8.79. The van der Waals surface area contributed by atoms with Crippen LogP contribution in [0.5, 0.6) is 0 Å². The molecule has 1 heterocycles. The lowest BCUT2D eigenvalue weighted by atomic mass is 9.85. The molecular formula is C21H30FN3O3. The molecule has 0 unspecified atom stereocenters. The van der Waals surface area contributed by atoms with Gasteiger partial charge in [-0.25, -0.2) is 4.39 Å². The number of halogens is 1. The lowest BCUT2D eigenvalue weighted by molar-refractivity contribution is -0.161. The topological polar surface area (TPSA) is 62.2 Å². The van der Waals surface area contributed by atoms with Crippen LogP contribution in [-0.4, -0.2) is 48.7 Å². The maximum absolute atomic E-state index is 14.2. The quantitative estimate of drug-likeness (QED) is 0.567. The van der Waals surface area contributed by atoms with Gasteiger partial charge in [-0.3, -0.25) is 9.69 Å². The number of rotatable bonds is 4. The highest BCUT2D eigenvalue weighted by Crippen LogP contribution is 2.31. The third-order valence-electron chi connectivity index (χ3n) is 5.64. The van der Waals surface area contributed by atoms with Crippen molar-refractivity contribution >= 4 is 17.3 Å². The molecule has 154 valence electrons. The van der Waals surface area contributed by atoms with Crippen molar-refractivity contribution in [2.45, 2.75) is 58.1 Å². The van der Waals surface area contributed by atoms with E-state index in [2.05, 4.69) is 10.1 Å². The van der Waals surface area contributed by atoms with E-state index in [4.69, 9.17) is 4.74 Å². The molecule has 1 saturated carbocycles. The van der Waals surface area contributed by atoms with Gasteiger partial charge in [0.15, 0.2) is 0 Å². The van der Waals surface area contributed by atoms with Gasteiger partial charge in [-0.05, 0) is 63.8 Å². The van der Waals surface area contributed by atoms with E-state index in [-0.39, 0.29) is 17.6 Å². The van der Waals surface area contributed by atoms with Crippen LogP contribution < -0.4 is 4.90 Å². The van der Waals surface area contributed by atoms with Gasteiger partial charge in [0.05, 0.1) is 11.6 Å². The Kier molecular flexibility index (Phi) is 6.33. The average molecular weight is 391 g/mol. The van der Waals surface area contributed by atoms with Crippen LogP contribution in [0.25, 0.3) is 0 Å². The predicted molar refractivity (Wildman–Crippen MR) is 107 cm³/mol. The predicted octanol–water partition coefficient (Wildman–Crippen LogP) is 4.25. The summed E-state index contributed by atoms with van der Waals surface area (Å²) in [5.74, 6) is -0.460. The zero-order valence-electron chi connectivity index (χ0n) is 17.0. The second-order valence-corrected chi connectivity index (χ2v) is 8.79. The number of nitroso groups, excluding NO2 is 1. The Bertz CT molecular complexity index is 703. The van der Waals surface area contributed by atoms with Gasteiger partial charge in [0.2, 0.25) is 0 Å². The molecular weight excluding hydrogens is 361 g/mol. The van der Waals surface area contributed by atoms with Crippen LogP contribution in [0.1, 0.15) is 46.5 Å². The van der Waals surface area contributed by atoms with Crippen LogP contribution in [-0.2, 0) is 9.53 Å². The van der Waals surface area contributed by atoms with E-state index in [1.165, 1.54) is 6.07 Å². The zero-order valence-corrected chi connectivity index (χ0v) is 17.0. The lowest BCUT2D eigenvalue weighted by Crippen LogP contribution is -2.51. The molecule has 1 aliphatic heterocycles.